The van der Waals surface area contributed by atoms with Crippen molar-refractivity contribution in [1.29, 1.82) is 0 Å². The molecule has 0 aliphatic heterocycles. The van der Waals surface area contributed by atoms with Crippen molar-refractivity contribution >= 4 is 27.3 Å². The lowest BCUT2D eigenvalue weighted by Crippen LogP contribution is -2.15. The van der Waals surface area contributed by atoms with E-state index < -0.39 is 0 Å². The van der Waals surface area contributed by atoms with E-state index in [0.29, 0.717) is 0 Å². The molecule has 1 unspecified atom stereocenters. The summed E-state index contributed by atoms with van der Waals surface area (Å²) in [4.78, 5) is 1.26. The Morgan fingerprint density at radius 1 is 1.28 bits per heavy atom. The van der Waals surface area contributed by atoms with Crippen LogP contribution in [-0.2, 0) is 0 Å². The lowest BCUT2D eigenvalue weighted by molar-refractivity contribution is 0.197. The van der Waals surface area contributed by atoms with Crippen LogP contribution in [0.15, 0.2) is 46.3 Å². The van der Waals surface area contributed by atoms with Gasteiger partial charge >= 0.3 is 0 Å². The average molecular weight is 326 g/mol. The minimum absolute atomic E-state index is 0.108. The zero-order chi connectivity index (χ0) is 12.8. The molecular weight excluding hydrogens is 310 g/mol. The van der Waals surface area contributed by atoms with Crippen molar-refractivity contribution < 1.29 is 4.74 Å². The second-order valence-electron chi connectivity index (χ2n) is 3.94. The fraction of sp³-hybridized carbons (Fsp3) is 0.286. The van der Waals surface area contributed by atoms with Gasteiger partial charge in [-0.3, -0.25) is 0 Å². The maximum atomic E-state index is 6.12. The molecule has 2 rings (SSSR count). The Labute approximate surface area is 120 Å². The summed E-state index contributed by atoms with van der Waals surface area (Å²) >= 11 is 5.26. The van der Waals surface area contributed by atoms with Crippen molar-refractivity contribution in [2.24, 2.45) is 0 Å². The van der Waals surface area contributed by atoms with E-state index >= 15 is 0 Å². The van der Waals surface area contributed by atoms with Crippen LogP contribution in [0.1, 0.15) is 17.4 Å². The monoisotopic (exact) mass is 325 g/mol. The molecule has 0 bridgehead atoms. The van der Waals surface area contributed by atoms with E-state index in [2.05, 4.69) is 38.8 Å². The summed E-state index contributed by atoms with van der Waals surface area (Å²) in [6.07, 6.45) is 1.06. The molecule has 0 amide bonds. The Hall–Kier alpha value is -0.840. The molecule has 2 aromatic rings. The molecule has 4 heteroatoms. The number of halogens is 1. The summed E-state index contributed by atoms with van der Waals surface area (Å²) in [6.45, 7) is 0.938. The summed E-state index contributed by atoms with van der Waals surface area (Å²) in [5, 5.41) is 5.26. The highest BCUT2D eigenvalue weighted by molar-refractivity contribution is 9.10. The summed E-state index contributed by atoms with van der Waals surface area (Å²) in [5.74, 6) is 0.895. The van der Waals surface area contributed by atoms with Crippen molar-refractivity contribution in [3.8, 4) is 5.75 Å². The quantitative estimate of drug-likeness (QED) is 0.857. The molecule has 0 spiro atoms. The van der Waals surface area contributed by atoms with Crippen LogP contribution in [0.5, 0.6) is 5.75 Å². The van der Waals surface area contributed by atoms with Crippen LogP contribution in [0.3, 0.4) is 0 Å². The molecule has 0 aliphatic rings. The van der Waals surface area contributed by atoms with E-state index in [1.807, 2.05) is 31.3 Å². The van der Waals surface area contributed by atoms with Gasteiger partial charge in [-0.2, -0.15) is 0 Å². The van der Waals surface area contributed by atoms with Gasteiger partial charge in [-0.05, 0) is 53.1 Å². The van der Waals surface area contributed by atoms with Gasteiger partial charge in [-0.25, -0.2) is 0 Å². The van der Waals surface area contributed by atoms with Gasteiger partial charge in [0.2, 0.25) is 0 Å². The highest BCUT2D eigenvalue weighted by Gasteiger charge is 2.15. The topological polar surface area (TPSA) is 21.3 Å². The minimum atomic E-state index is 0.108. The number of benzene rings is 1. The molecule has 1 heterocycles. The first-order valence-electron chi connectivity index (χ1n) is 5.90. The highest BCUT2D eigenvalue weighted by Crippen LogP contribution is 2.32. The Morgan fingerprint density at radius 3 is 2.78 bits per heavy atom. The van der Waals surface area contributed by atoms with E-state index in [1.165, 1.54) is 4.88 Å². The Morgan fingerprint density at radius 2 is 2.11 bits per heavy atom. The van der Waals surface area contributed by atoms with Crippen molar-refractivity contribution in [3.63, 3.8) is 0 Å². The molecule has 1 aromatic carbocycles. The van der Waals surface area contributed by atoms with Crippen LogP contribution >= 0.6 is 27.3 Å². The van der Waals surface area contributed by atoms with Gasteiger partial charge in [-0.15, -0.1) is 11.3 Å². The Bertz CT molecular complexity index is 472. The number of hydrogen-bond donors (Lipinski definition) is 1. The molecule has 18 heavy (non-hydrogen) atoms. The van der Waals surface area contributed by atoms with Crippen molar-refractivity contribution in [3.05, 3.63) is 51.1 Å². The number of hydrogen-bond acceptors (Lipinski definition) is 3. The zero-order valence-electron chi connectivity index (χ0n) is 10.2. The number of ether oxygens (including phenoxy) is 1. The summed E-state index contributed by atoms with van der Waals surface area (Å²) in [7, 11) is 1.96. The first kappa shape index (κ1) is 13.6. The smallest absolute Gasteiger partial charge is 0.134 e. The van der Waals surface area contributed by atoms with Gasteiger partial charge < -0.3 is 10.1 Å². The molecule has 2 nitrogen and oxygen atoms in total. The third-order valence-electron chi connectivity index (χ3n) is 2.62. The van der Waals surface area contributed by atoms with Crippen LogP contribution in [0, 0.1) is 0 Å². The minimum Gasteiger partial charge on any atom is -0.484 e. The van der Waals surface area contributed by atoms with Gasteiger partial charge in [0.1, 0.15) is 11.9 Å². The average Bonchev–Trinajstić information content (AvgIpc) is 2.90. The first-order valence-corrected chi connectivity index (χ1v) is 7.57. The van der Waals surface area contributed by atoms with Gasteiger partial charge in [0.15, 0.2) is 0 Å². The molecular formula is C14H16BrNOS. The van der Waals surface area contributed by atoms with Crippen LogP contribution < -0.4 is 10.1 Å². The van der Waals surface area contributed by atoms with E-state index in [1.54, 1.807) is 11.3 Å². The predicted molar refractivity (Wildman–Crippen MR) is 80.4 cm³/mol. The van der Waals surface area contributed by atoms with Crippen molar-refractivity contribution in [2.75, 3.05) is 13.6 Å². The van der Waals surface area contributed by atoms with Crippen molar-refractivity contribution in [2.45, 2.75) is 12.5 Å². The van der Waals surface area contributed by atoms with Gasteiger partial charge in [0, 0.05) is 11.3 Å². The van der Waals surface area contributed by atoms with E-state index in [-0.39, 0.29) is 6.10 Å². The third kappa shape index (κ3) is 3.57. The Kier molecular flexibility index (Phi) is 5.23. The van der Waals surface area contributed by atoms with Crippen LogP contribution in [0.25, 0.3) is 0 Å². The number of thiophene rings is 1. The van der Waals surface area contributed by atoms with E-state index in [0.717, 1.165) is 23.2 Å². The lowest BCUT2D eigenvalue weighted by atomic mass is 10.2. The summed E-state index contributed by atoms with van der Waals surface area (Å²) in [5.41, 5.74) is 0. The van der Waals surface area contributed by atoms with Gasteiger partial charge in [-0.1, -0.05) is 18.2 Å². The van der Waals surface area contributed by atoms with Crippen LogP contribution in [0.4, 0.5) is 0 Å². The van der Waals surface area contributed by atoms with Crippen molar-refractivity contribution in [1.82, 2.24) is 5.32 Å². The van der Waals surface area contributed by atoms with E-state index in [9.17, 15) is 0 Å². The molecule has 0 saturated carbocycles. The SMILES string of the molecule is CNCCC(Oc1ccccc1Br)c1cccs1. The van der Waals surface area contributed by atoms with Gasteiger partial charge in [0.25, 0.3) is 0 Å². The van der Waals surface area contributed by atoms with Crippen LogP contribution in [-0.4, -0.2) is 13.6 Å². The molecule has 0 aliphatic carbocycles. The predicted octanol–water partition coefficient (Wildman–Crippen LogP) is 4.24. The highest BCUT2D eigenvalue weighted by atomic mass is 79.9. The maximum Gasteiger partial charge on any atom is 0.134 e. The summed E-state index contributed by atoms with van der Waals surface area (Å²) < 4.78 is 7.11. The fourth-order valence-electron chi connectivity index (χ4n) is 1.70. The standard InChI is InChI=1S/C14H16BrNOS/c1-16-9-8-13(14-7-4-10-18-14)17-12-6-3-2-5-11(12)15/h2-7,10,13,16H,8-9H2,1H3. The largest absolute Gasteiger partial charge is 0.484 e. The molecule has 1 atom stereocenters. The first-order chi connectivity index (χ1) is 8.81. The van der Waals surface area contributed by atoms with Gasteiger partial charge in [0.05, 0.1) is 4.47 Å². The molecule has 1 aromatic heterocycles. The molecule has 1 N–H and O–H groups in total. The third-order valence-corrected chi connectivity index (χ3v) is 4.24. The zero-order valence-corrected chi connectivity index (χ0v) is 12.6. The van der Waals surface area contributed by atoms with Crippen LogP contribution in [0.2, 0.25) is 0 Å². The lowest BCUT2D eigenvalue weighted by Gasteiger charge is -2.18. The van der Waals surface area contributed by atoms with E-state index in [4.69, 9.17) is 4.74 Å². The second kappa shape index (κ2) is 6.92. The molecule has 0 saturated heterocycles. The number of nitrogens with one attached hydrogen (secondary N) is 1. The molecule has 0 fully saturated rings. The number of para-hydroxylation sites is 1. The normalized spacial score (nSPS) is 12.3. The maximum absolute atomic E-state index is 6.12. The molecule has 96 valence electrons. The Balaban J connectivity index is 2.13. The second-order valence-corrected chi connectivity index (χ2v) is 5.78. The summed E-state index contributed by atoms with van der Waals surface area (Å²) in [6, 6.07) is 12.2. The molecule has 0 radical (unpaired) electrons. The number of rotatable bonds is 6. The fourth-order valence-corrected chi connectivity index (χ4v) is 2.87.